The van der Waals surface area contributed by atoms with Gasteiger partial charge in [0, 0.05) is 17.4 Å². The van der Waals surface area contributed by atoms with Crippen molar-refractivity contribution in [2.75, 3.05) is 13.7 Å². The van der Waals surface area contributed by atoms with Gasteiger partial charge in [-0.25, -0.2) is 0 Å². The molecular formula is C11H23NO4. The third-order valence-corrected chi connectivity index (χ3v) is 1.72. The highest BCUT2D eigenvalue weighted by atomic mass is 16.6. The number of ether oxygens (including phenoxy) is 1. The molecule has 0 aromatic heterocycles. The minimum Gasteiger partial charge on any atom is -0.379 e. The van der Waals surface area contributed by atoms with Crippen LogP contribution in [-0.4, -0.2) is 30.0 Å². The second-order valence-corrected chi connectivity index (χ2v) is 5.48. The van der Waals surface area contributed by atoms with E-state index in [4.69, 9.17) is 4.74 Å². The van der Waals surface area contributed by atoms with Crippen LogP contribution in [0.25, 0.3) is 0 Å². The molecular weight excluding hydrogens is 210 g/mol. The molecule has 0 radical (unpaired) electrons. The molecule has 5 nitrogen and oxygen atoms in total. The van der Waals surface area contributed by atoms with Gasteiger partial charge in [0.2, 0.25) is 5.78 Å². The summed E-state index contributed by atoms with van der Waals surface area (Å²) in [5, 5.41) is 9.84. The Balaban J connectivity index is 0. The fraction of sp³-hybridized carbons (Fsp3) is 0.909. The third-order valence-electron chi connectivity index (χ3n) is 1.72. The van der Waals surface area contributed by atoms with E-state index in [-0.39, 0.29) is 11.4 Å². The van der Waals surface area contributed by atoms with E-state index in [1.165, 1.54) is 0 Å². The van der Waals surface area contributed by atoms with Gasteiger partial charge >= 0.3 is 0 Å². The van der Waals surface area contributed by atoms with Crippen molar-refractivity contribution in [3.05, 3.63) is 10.1 Å². The smallest absolute Gasteiger partial charge is 0.261 e. The Morgan fingerprint density at radius 2 is 1.50 bits per heavy atom. The number of hydrogen-bond donors (Lipinski definition) is 0. The summed E-state index contributed by atoms with van der Waals surface area (Å²) in [6, 6.07) is 0. The average molecular weight is 233 g/mol. The summed E-state index contributed by atoms with van der Waals surface area (Å²) in [7, 11) is 1.71. The van der Waals surface area contributed by atoms with Crippen molar-refractivity contribution >= 4 is 5.78 Å². The van der Waals surface area contributed by atoms with Gasteiger partial charge in [-0.15, -0.1) is 0 Å². The van der Waals surface area contributed by atoms with Crippen LogP contribution >= 0.6 is 0 Å². The lowest BCUT2D eigenvalue weighted by molar-refractivity contribution is -0.468. The lowest BCUT2D eigenvalue weighted by Gasteiger charge is -2.14. The second kappa shape index (κ2) is 6.58. The van der Waals surface area contributed by atoms with Gasteiger partial charge in [-0.05, 0) is 20.8 Å². The first-order valence-corrected chi connectivity index (χ1v) is 5.10. The number of nitrogens with zero attached hydrogens (tertiary/aromatic N) is 1. The summed E-state index contributed by atoms with van der Waals surface area (Å²) in [6.45, 7) is 10.5. The highest BCUT2D eigenvalue weighted by molar-refractivity contribution is 5.84. The number of methoxy groups -OCH3 is 1. The first kappa shape index (κ1) is 17.4. The SMILES string of the molecule is CC(C)(C)C(=O)C[N+](=O)[O-].COC(C)(C)C. The molecule has 0 unspecified atom stereocenters. The maximum atomic E-state index is 10.8. The van der Waals surface area contributed by atoms with Crippen LogP contribution in [0.1, 0.15) is 41.5 Å². The molecule has 0 atom stereocenters. The molecule has 0 amide bonds. The fourth-order valence-corrected chi connectivity index (χ4v) is 0.354. The van der Waals surface area contributed by atoms with Crippen LogP contribution in [0.5, 0.6) is 0 Å². The zero-order chi connectivity index (χ0) is 13.6. The molecule has 0 bridgehead atoms. The van der Waals surface area contributed by atoms with E-state index in [9.17, 15) is 14.9 Å². The molecule has 0 saturated carbocycles. The molecule has 0 spiro atoms. The minimum absolute atomic E-state index is 0.0417. The van der Waals surface area contributed by atoms with Crippen molar-refractivity contribution in [1.29, 1.82) is 0 Å². The predicted molar refractivity (Wildman–Crippen MR) is 63.1 cm³/mol. The van der Waals surface area contributed by atoms with E-state index < -0.39 is 16.9 Å². The number of ketones is 1. The van der Waals surface area contributed by atoms with Crippen LogP contribution in [0.4, 0.5) is 0 Å². The standard InChI is InChI=1S/C6H11NO3.C5H12O/c1-6(2,3)5(8)4-7(9)10;1-5(2,3)6-4/h4H2,1-3H3;1-4H3. The number of nitro groups is 1. The van der Waals surface area contributed by atoms with Crippen LogP contribution < -0.4 is 0 Å². The number of rotatable bonds is 2. The topological polar surface area (TPSA) is 69.4 Å². The van der Waals surface area contributed by atoms with Crippen LogP contribution in [0, 0.1) is 15.5 Å². The van der Waals surface area contributed by atoms with Crippen molar-refractivity contribution in [3.8, 4) is 0 Å². The highest BCUT2D eigenvalue weighted by Gasteiger charge is 2.25. The Bertz CT molecular complexity index is 235. The molecule has 5 heteroatoms. The first-order valence-electron chi connectivity index (χ1n) is 5.10. The molecule has 0 fully saturated rings. The summed E-state index contributed by atoms with van der Waals surface area (Å²) in [4.78, 5) is 20.1. The number of carbonyl (C=O) groups excluding carboxylic acids is 1. The quantitative estimate of drug-likeness (QED) is 0.542. The van der Waals surface area contributed by atoms with E-state index in [1.807, 2.05) is 20.8 Å². The van der Waals surface area contributed by atoms with Gasteiger partial charge in [-0.2, -0.15) is 0 Å². The van der Waals surface area contributed by atoms with Gasteiger partial charge in [0.15, 0.2) is 0 Å². The molecule has 0 aliphatic carbocycles. The lowest BCUT2D eigenvalue weighted by atomic mass is 9.91. The summed E-state index contributed by atoms with van der Waals surface area (Å²) in [5.74, 6) is -0.336. The molecule has 0 aromatic carbocycles. The maximum absolute atomic E-state index is 10.8. The van der Waals surface area contributed by atoms with Gasteiger partial charge in [0.05, 0.1) is 5.60 Å². The molecule has 0 heterocycles. The molecule has 0 rings (SSSR count). The highest BCUT2D eigenvalue weighted by Crippen LogP contribution is 2.13. The Hall–Kier alpha value is -0.970. The van der Waals surface area contributed by atoms with Crippen LogP contribution in [0.3, 0.4) is 0 Å². The summed E-state index contributed by atoms with van der Waals surface area (Å²) in [6.07, 6.45) is 0. The summed E-state index contributed by atoms with van der Waals surface area (Å²) in [5.41, 5.74) is -0.549. The van der Waals surface area contributed by atoms with Crippen molar-refractivity contribution < 1.29 is 14.5 Å². The lowest BCUT2D eigenvalue weighted by Crippen LogP contribution is -2.27. The molecule has 0 saturated heterocycles. The zero-order valence-corrected chi connectivity index (χ0v) is 11.3. The molecule has 0 aliphatic heterocycles. The number of hydrogen-bond acceptors (Lipinski definition) is 4. The Kier molecular flexibility index (Phi) is 7.16. The van der Waals surface area contributed by atoms with Crippen molar-refractivity contribution in [3.63, 3.8) is 0 Å². The van der Waals surface area contributed by atoms with Gasteiger partial charge in [-0.3, -0.25) is 14.9 Å². The van der Waals surface area contributed by atoms with E-state index >= 15 is 0 Å². The molecule has 0 aliphatic rings. The van der Waals surface area contributed by atoms with Crippen LogP contribution in [-0.2, 0) is 9.53 Å². The van der Waals surface area contributed by atoms with Gasteiger partial charge in [0.25, 0.3) is 6.54 Å². The molecule has 0 aromatic rings. The fourth-order valence-electron chi connectivity index (χ4n) is 0.354. The van der Waals surface area contributed by atoms with E-state index in [0.29, 0.717) is 0 Å². The monoisotopic (exact) mass is 233 g/mol. The van der Waals surface area contributed by atoms with Gasteiger partial charge < -0.3 is 4.74 Å². The molecule has 96 valence electrons. The van der Waals surface area contributed by atoms with E-state index in [1.54, 1.807) is 27.9 Å². The number of carbonyl (C=O) groups is 1. The third kappa shape index (κ3) is 13.0. The normalized spacial score (nSPS) is 11.4. The molecule has 16 heavy (non-hydrogen) atoms. The van der Waals surface area contributed by atoms with Crippen LogP contribution in [0.2, 0.25) is 0 Å². The Morgan fingerprint density at radius 1 is 1.19 bits per heavy atom. The average Bonchev–Trinajstić information content (AvgIpc) is 2.01. The number of Topliss-reactive ketones (excluding diaryl/α,β-unsaturated/α-hetero) is 1. The van der Waals surface area contributed by atoms with Crippen molar-refractivity contribution in [2.24, 2.45) is 5.41 Å². The minimum atomic E-state index is -0.604. The Morgan fingerprint density at radius 3 is 1.56 bits per heavy atom. The van der Waals surface area contributed by atoms with Gasteiger partial charge in [-0.1, -0.05) is 20.8 Å². The Labute approximate surface area is 97.3 Å². The van der Waals surface area contributed by atoms with Crippen molar-refractivity contribution in [2.45, 2.75) is 47.1 Å². The first-order chi connectivity index (χ1) is 6.90. The van der Waals surface area contributed by atoms with E-state index in [0.717, 1.165) is 0 Å². The van der Waals surface area contributed by atoms with Gasteiger partial charge in [0.1, 0.15) is 0 Å². The van der Waals surface area contributed by atoms with Crippen molar-refractivity contribution in [1.82, 2.24) is 0 Å². The van der Waals surface area contributed by atoms with Crippen LogP contribution in [0.15, 0.2) is 0 Å². The largest absolute Gasteiger partial charge is 0.379 e. The predicted octanol–water partition coefficient (Wildman–Crippen LogP) is 2.31. The summed E-state index contributed by atoms with van der Waals surface area (Å²) < 4.78 is 4.94. The molecule has 0 N–H and O–H groups in total. The summed E-state index contributed by atoms with van der Waals surface area (Å²) >= 11 is 0. The zero-order valence-electron chi connectivity index (χ0n) is 11.3. The van der Waals surface area contributed by atoms with E-state index in [2.05, 4.69) is 0 Å². The maximum Gasteiger partial charge on any atom is 0.261 e. The second-order valence-electron chi connectivity index (χ2n) is 5.48.